The molecule has 6 nitrogen and oxygen atoms in total. The lowest BCUT2D eigenvalue weighted by molar-refractivity contribution is -0.128. The number of carbonyl (C=O) groups excluding carboxylic acids is 2. The van der Waals surface area contributed by atoms with Crippen LogP contribution in [0.1, 0.15) is 25.3 Å². The third-order valence-corrected chi connectivity index (χ3v) is 2.94. The highest BCUT2D eigenvalue weighted by Gasteiger charge is 2.13. The van der Waals surface area contributed by atoms with E-state index in [9.17, 15) is 9.59 Å². The lowest BCUT2D eigenvalue weighted by atomic mass is 10.1. The van der Waals surface area contributed by atoms with Crippen LogP contribution in [0.15, 0.2) is 24.3 Å². The minimum absolute atomic E-state index is 0.158. The number of hydrazine groups is 1. The molecule has 0 bridgehead atoms. The van der Waals surface area contributed by atoms with Crippen molar-refractivity contribution in [1.29, 1.82) is 0 Å². The molecule has 0 aliphatic carbocycles. The van der Waals surface area contributed by atoms with Crippen LogP contribution in [0.5, 0.6) is 5.75 Å². The zero-order valence-electron chi connectivity index (χ0n) is 11.8. The molecule has 20 heavy (non-hydrogen) atoms. The number of carbonyl (C=O) groups is 2. The summed E-state index contributed by atoms with van der Waals surface area (Å²) in [6, 6.07) is 7.11. The number of rotatable bonds is 7. The van der Waals surface area contributed by atoms with Gasteiger partial charge in [-0.05, 0) is 37.5 Å². The van der Waals surface area contributed by atoms with Crippen molar-refractivity contribution in [2.24, 2.45) is 5.84 Å². The Morgan fingerprint density at radius 2 is 1.95 bits per heavy atom. The number of benzene rings is 1. The Kier molecular flexibility index (Phi) is 6.52. The first kappa shape index (κ1) is 16.0. The minimum Gasteiger partial charge on any atom is -0.497 e. The van der Waals surface area contributed by atoms with Gasteiger partial charge in [0.25, 0.3) is 5.91 Å². The molecule has 0 saturated carbocycles. The van der Waals surface area contributed by atoms with Gasteiger partial charge in [0.1, 0.15) is 11.8 Å². The van der Waals surface area contributed by atoms with Crippen LogP contribution in [0.3, 0.4) is 0 Å². The second-order valence-electron chi connectivity index (χ2n) is 4.50. The van der Waals surface area contributed by atoms with Gasteiger partial charge in [-0.15, -0.1) is 0 Å². The van der Waals surface area contributed by atoms with Crippen LogP contribution in [-0.4, -0.2) is 25.0 Å². The third kappa shape index (κ3) is 5.27. The second-order valence-corrected chi connectivity index (χ2v) is 4.50. The topological polar surface area (TPSA) is 93.4 Å². The van der Waals surface area contributed by atoms with Crippen LogP contribution in [-0.2, 0) is 16.0 Å². The number of aryl methyl sites for hydroxylation is 1. The Morgan fingerprint density at radius 3 is 2.50 bits per heavy atom. The fraction of sp³-hybridized carbons (Fsp3) is 0.429. The Labute approximate surface area is 118 Å². The zero-order chi connectivity index (χ0) is 15.0. The highest BCUT2D eigenvalue weighted by atomic mass is 16.5. The van der Waals surface area contributed by atoms with E-state index in [2.05, 4.69) is 5.32 Å². The van der Waals surface area contributed by atoms with E-state index in [1.165, 1.54) is 0 Å². The molecule has 0 radical (unpaired) electrons. The molecular weight excluding hydrogens is 258 g/mol. The summed E-state index contributed by atoms with van der Waals surface area (Å²) in [7, 11) is 1.62. The van der Waals surface area contributed by atoms with Gasteiger partial charge in [0, 0.05) is 6.42 Å². The quantitative estimate of drug-likeness (QED) is 0.385. The van der Waals surface area contributed by atoms with Crippen LogP contribution >= 0.6 is 0 Å². The molecule has 0 aliphatic heterocycles. The van der Waals surface area contributed by atoms with Crippen LogP contribution < -0.4 is 21.3 Å². The van der Waals surface area contributed by atoms with Gasteiger partial charge in [-0.25, -0.2) is 5.84 Å². The number of ether oxygens (including phenoxy) is 1. The molecule has 2 amide bonds. The predicted molar refractivity (Wildman–Crippen MR) is 75.9 cm³/mol. The van der Waals surface area contributed by atoms with E-state index in [1.54, 1.807) is 14.0 Å². The molecule has 0 unspecified atom stereocenters. The van der Waals surface area contributed by atoms with Crippen molar-refractivity contribution in [3.63, 3.8) is 0 Å². The number of nitrogens with one attached hydrogen (secondary N) is 2. The Bertz CT molecular complexity index is 445. The fourth-order valence-corrected chi connectivity index (χ4v) is 1.75. The van der Waals surface area contributed by atoms with Gasteiger partial charge in [0.15, 0.2) is 0 Å². The number of amides is 2. The fourth-order valence-electron chi connectivity index (χ4n) is 1.75. The van der Waals surface area contributed by atoms with E-state index in [-0.39, 0.29) is 5.91 Å². The standard InChI is InChI=1S/C14H21N3O3/c1-10(14(19)17-15)16-13(18)5-3-4-11-6-8-12(20-2)9-7-11/h6-10H,3-5,15H2,1-2H3,(H,16,18)(H,17,19)/t10-/m0/s1. The van der Waals surface area contributed by atoms with Gasteiger partial charge in [0.2, 0.25) is 5.91 Å². The van der Waals surface area contributed by atoms with Gasteiger partial charge in [-0.3, -0.25) is 15.0 Å². The molecule has 0 fully saturated rings. The second kappa shape index (κ2) is 8.16. The molecule has 4 N–H and O–H groups in total. The van der Waals surface area contributed by atoms with Crippen molar-refractivity contribution >= 4 is 11.8 Å². The molecule has 0 saturated heterocycles. The van der Waals surface area contributed by atoms with E-state index in [4.69, 9.17) is 10.6 Å². The average Bonchev–Trinajstić information content (AvgIpc) is 2.47. The smallest absolute Gasteiger partial charge is 0.256 e. The summed E-state index contributed by atoms with van der Waals surface area (Å²) in [6.45, 7) is 1.59. The Balaban J connectivity index is 2.29. The van der Waals surface area contributed by atoms with Gasteiger partial charge in [0.05, 0.1) is 7.11 Å². The van der Waals surface area contributed by atoms with Crippen molar-refractivity contribution in [2.75, 3.05) is 7.11 Å². The third-order valence-electron chi connectivity index (χ3n) is 2.94. The number of nitrogens with two attached hydrogens (primary N) is 1. The number of hydrogen-bond acceptors (Lipinski definition) is 4. The lowest BCUT2D eigenvalue weighted by Gasteiger charge is -2.11. The monoisotopic (exact) mass is 279 g/mol. The molecule has 110 valence electrons. The predicted octanol–water partition coefficient (Wildman–Crippen LogP) is 0.513. The first-order valence-corrected chi connectivity index (χ1v) is 6.49. The Morgan fingerprint density at radius 1 is 1.30 bits per heavy atom. The summed E-state index contributed by atoms with van der Waals surface area (Å²) in [4.78, 5) is 22.8. The van der Waals surface area contributed by atoms with Gasteiger partial charge < -0.3 is 10.1 Å². The molecule has 1 aromatic rings. The molecule has 1 rings (SSSR count). The first-order valence-electron chi connectivity index (χ1n) is 6.49. The number of hydrogen-bond donors (Lipinski definition) is 3. The van der Waals surface area contributed by atoms with E-state index in [0.717, 1.165) is 24.2 Å². The molecule has 0 aromatic heterocycles. The van der Waals surface area contributed by atoms with Gasteiger partial charge in [-0.1, -0.05) is 12.1 Å². The largest absolute Gasteiger partial charge is 0.497 e. The molecule has 0 spiro atoms. The normalized spacial score (nSPS) is 11.6. The highest BCUT2D eigenvalue weighted by molar-refractivity contribution is 5.86. The van der Waals surface area contributed by atoms with Crippen molar-refractivity contribution in [3.05, 3.63) is 29.8 Å². The van der Waals surface area contributed by atoms with Gasteiger partial charge in [-0.2, -0.15) is 0 Å². The highest BCUT2D eigenvalue weighted by Crippen LogP contribution is 2.13. The molecule has 1 atom stereocenters. The summed E-state index contributed by atoms with van der Waals surface area (Å²) in [6.07, 6.45) is 1.89. The number of methoxy groups -OCH3 is 1. The molecule has 0 aliphatic rings. The van der Waals surface area contributed by atoms with E-state index in [0.29, 0.717) is 6.42 Å². The molecule has 0 heterocycles. The summed E-state index contributed by atoms with van der Waals surface area (Å²) in [5.74, 6) is 5.23. The van der Waals surface area contributed by atoms with Crippen molar-refractivity contribution < 1.29 is 14.3 Å². The van der Waals surface area contributed by atoms with E-state index in [1.807, 2.05) is 29.7 Å². The lowest BCUT2D eigenvalue weighted by Crippen LogP contribution is -2.47. The van der Waals surface area contributed by atoms with E-state index >= 15 is 0 Å². The Hall–Kier alpha value is -2.08. The molecule has 1 aromatic carbocycles. The summed E-state index contributed by atoms with van der Waals surface area (Å²) in [5.41, 5.74) is 3.14. The average molecular weight is 279 g/mol. The van der Waals surface area contributed by atoms with Crippen LogP contribution in [0.2, 0.25) is 0 Å². The zero-order valence-corrected chi connectivity index (χ0v) is 11.8. The maximum absolute atomic E-state index is 11.6. The van der Waals surface area contributed by atoms with Crippen molar-refractivity contribution in [1.82, 2.24) is 10.7 Å². The maximum atomic E-state index is 11.6. The summed E-state index contributed by atoms with van der Waals surface area (Å²) in [5, 5.41) is 2.58. The van der Waals surface area contributed by atoms with Crippen LogP contribution in [0.25, 0.3) is 0 Å². The van der Waals surface area contributed by atoms with Crippen molar-refractivity contribution in [2.45, 2.75) is 32.2 Å². The maximum Gasteiger partial charge on any atom is 0.256 e. The minimum atomic E-state index is -0.617. The van der Waals surface area contributed by atoms with Gasteiger partial charge >= 0.3 is 0 Å². The SMILES string of the molecule is COc1ccc(CCCC(=O)N[C@@H](C)C(=O)NN)cc1. The molecule has 6 heteroatoms. The van der Waals surface area contributed by atoms with Crippen molar-refractivity contribution in [3.8, 4) is 5.75 Å². The first-order chi connectivity index (χ1) is 9.56. The van der Waals surface area contributed by atoms with Crippen LogP contribution in [0.4, 0.5) is 0 Å². The van der Waals surface area contributed by atoms with Crippen LogP contribution in [0, 0.1) is 0 Å². The summed E-state index contributed by atoms with van der Waals surface area (Å²) >= 11 is 0. The summed E-state index contributed by atoms with van der Waals surface area (Å²) < 4.78 is 5.08. The van der Waals surface area contributed by atoms with E-state index < -0.39 is 11.9 Å². The molecular formula is C14H21N3O3.